The van der Waals surface area contributed by atoms with Gasteiger partial charge in [0.25, 0.3) is 0 Å². The van der Waals surface area contributed by atoms with Crippen LogP contribution in [0.1, 0.15) is 5.56 Å². The van der Waals surface area contributed by atoms with Crippen molar-refractivity contribution < 1.29 is 4.39 Å². The van der Waals surface area contributed by atoms with Gasteiger partial charge in [0, 0.05) is 22.0 Å². The van der Waals surface area contributed by atoms with E-state index in [0.29, 0.717) is 0 Å². The summed E-state index contributed by atoms with van der Waals surface area (Å²) in [6.45, 7) is 1.67. The molecule has 0 aliphatic carbocycles. The molecule has 13 heavy (non-hydrogen) atoms. The average Bonchev–Trinajstić information content (AvgIpc) is 2.03. The Bertz CT molecular complexity index is 260. The van der Waals surface area contributed by atoms with Crippen LogP contribution in [0.15, 0.2) is 22.7 Å². The Labute approximate surface area is 99.4 Å². The number of benzene rings is 1. The summed E-state index contributed by atoms with van der Waals surface area (Å²) in [6.07, 6.45) is 0. The first kappa shape index (κ1) is 11.4. The van der Waals surface area contributed by atoms with E-state index in [4.69, 9.17) is 0 Å². The maximum Gasteiger partial charge on any atom is 0.124 e. The third kappa shape index (κ3) is 4.37. The van der Waals surface area contributed by atoms with Gasteiger partial charge < -0.3 is 5.32 Å². The first-order chi connectivity index (χ1) is 6.22. The molecule has 0 saturated carbocycles. The Kier molecular flexibility index (Phi) is 5.20. The van der Waals surface area contributed by atoms with E-state index >= 15 is 0 Å². The van der Waals surface area contributed by atoms with Gasteiger partial charge in [-0.05, 0) is 23.8 Å². The maximum absolute atomic E-state index is 12.9. The van der Waals surface area contributed by atoms with Gasteiger partial charge in [-0.25, -0.2) is 4.39 Å². The second-order valence-electron chi connectivity index (χ2n) is 2.64. The third-order valence-corrected chi connectivity index (χ3v) is 2.52. The van der Waals surface area contributed by atoms with Gasteiger partial charge in [-0.2, -0.15) is 0 Å². The average molecular weight is 358 g/mol. The molecule has 1 aromatic rings. The zero-order valence-corrected chi connectivity index (χ0v) is 10.7. The fourth-order valence-electron chi connectivity index (χ4n) is 1.01. The van der Waals surface area contributed by atoms with Crippen LogP contribution in [0, 0.1) is 5.82 Å². The van der Waals surface area contributed by atoms with Crippen molar-refractivity contribution in [3.63, 3.8) is 0 Å². The Morgan fingerprint density at radius 2 is 2.15 bits per heavy atom. The standard InChI is InChI=1S/C9H10BrFIN/c10-8-3-7(4-9(11)5-8)6-13-2-1-12/h3-5,13H,1-2,6H2. The van der Waals surface area contributed by atoms with E-state index in [2.05, 4.69) is 43.8 Å². The lowest BCUT2D eigenvalue weighted by Gasteiger charge is -2.03. The van der Waals surface area contributed by atoms with E-state index < -0.39 is 0 Å². The molecule has 0 spiro atoms. The molecular weight excluding hydrogens is 348 g/mol. The Balaban J connectivity index is 2.56. The first-order valence-corrected chi connectivity index (χ1v) is 6.26. The number of hydrogen-bond donors (Lipinski definition) is 1. The van der Waals surface area contributed by atoms with Crippen molar-refractivity contribution in [1.82, 2.24) is 5.32 Å². The lowest BCUT2D eigenvalue weighted by atomic mass is 10.2. The Morgan fingerprint density at radius 1 is 1.38 bits per heavy atom. The van der Waals surface area contributed by atoms with Crippen LogP contribution in [0.25, 0.3) is 0 Å². The molecule has 0 saturated heterocycles. The minimum atomic E-state index is -0.194. The van der Waals surface area contributed by atoms with Crippen LogP contribution in [0.3, 0.4) is 0 Å². The molecule has 1 aromatic carbocycles. The van der Waals surface area contributed by atoms with Crippen LogP contribution in [-0.4, -0.2) is 11.0 Å². The summed E-state index contributed by atoms with van der Waals surface area (Å²) >= 11 is 5.55. The van der Waals surface area contributed by atoms with Crippen molar-refractivity contribution in [2.24, 2.45) is 0 Å². The maximum atomic E-state index is 12.9. The van der Waals surface area contributed by atoms with E-state index in [1.807, 2.05) is 6.07 Å². The number of halogens is 3. The molecule has 0 heterocycles. The number of hydrogen-bond acceptors (Lipinski definition) is 1. The smallest absolute Gasteiger partial charge is 0.124 e. The Morgan fingerprint density at radius 3 is 2.77 bits per heavy atom. The molecule has 0 aromatic heterocycles. The quantitative estimate of drug-likeness (QED) is 0.496. The minimum absolute atomic E-state index is 0.194. The summed E-state index contributed by atoms with van der Waals surface area (Å²) < 4.78 is 14.7. The second-order valence-corrected chi connectivity index (χ2v) is 4.64. The lowest BCUT2D eigenvalue weighted by Crippen LogP contribution is -2.15. The van der Waals surface area contributed by atoms with Gasteiger partial charge in [0.2, 0.25) is 0 Å². The van der Waals surface area contributed by atoms with Crippen molar-refractivity contribution in [3.8, 4) is 0 Å². The summed E-state index contributed by atoms with van der Waals surface area (Å²) in [6, 6.07) is 4.93. The number of nitrogens with one attached hydrogen (secondary N) is 1. The molecule has 0 radical (unpaired) electrons. The van der Waals surface area contributed by atoms with Gasteiger partial charge in [0.05, 0.1) is 0 Å². The molecule has 0 atom stereocenters. The summed E-state index contributed by atoms with van der Waals surface area (Å²) in [5, 5.41) is 3.21. The van der Waals surface area contributed by atoms with Crippen molar-refractivity contribution in [2.45, 2.75) is 6.54 Å². The topological polar surface area (TPSA) is 12.0 Å². The van der Waals surface area contributed by atoms with E-state index in [1.165, 1.54) is 6.07 Å². The minimum Gasteiger partial charge on any atom is -0.312 e. The third-order valence-electron chi connectivity index (χ3n) is 1.52. The Hall–Kier alpha value is 0.320. The summed E-state index contributed by atoms with van der Waals surface area (Å²) in [4.78, 5) is 0. The molecule has 1 nitrogen and oxygen atoms in total. The molecule has 72 valence electrons. The molecular formula is C9H10BrFIN. The summed E-state index contributed by atoms with van der Waals surface area (Å²) in [5.41, 5.74) is 0.969. The molecule has 0 bridgehead atoms. The second kappa shape index (κ2) is 5.93. The van der Waals surface area contributed by atoms with Crippen molar-refractivity contribution >= 4 is 38.5 Å². The molecule has 4 heteroatoms. The van der Waals surface area contributed by atoms with Crippen molar-refractivity contribution in [3.05, 3.63) is 34.1 Å². The highest BCUT2D eigenvalue weighted by Crippen LogP contribution is 2.14. The van der Waals surface area contributed by atoms with Crippen LogP contribution >= 0.6 is 38.5 Å². The van der Waals surface area contributed by atoms with E-state index in [1.54, 1.807) is 6.07 Å². The fraction of sp³-hybridized carbons (Fsp3) is 0.333. The van der Waals surface area contributed by atoms with Crippen LogP contribution in [0.2, 0.25) is 0 Å². The predicted octanol–water partition coefficient (Wildman–Crippen LogP) is 3.11. The molecule has 0 aliphatic rings. The zero-order valence-electron chi connectivity index (χ0n) is 6.99. The largest absolute Gasteiger partial charge is 0.312 e. The van der Waals surface area contributed by atoms with E-state index in [0.717, 1.165) is 27.6 Å². The first-order valence-electron chi connectivity index (χ1n) is 3.94. The van der Waals surface area contributed by atoms with Gasteiger partial charge in [-0.15, -0.1) is 0 Å². The molecule has 0 unspecified atom stereocenters. The van der Waals surface area contributed by atoms with E-state index in [-0.39, 0.29) is 5.82 Å². The monoisotopic (exact) mass is 357 g/mol. The van der Waals surface area contributed by atoms with Gasteiger partial charge in [0.1, 0.15) is 5.82 Å². The van der Waals surface area contributed by atoms with Gasteiger partial charge >= 0.3 is 0 Å². The normalized spacial score (nSPS) is 10.4. The molecule has 1 rings (SSSR count). The highest BCUT2D eigenvalue weighted by molar-refractivity contribution is 14.1. The predicted molar refractivity (Wildman–Crippen MR) is 64.7 cm³/mol. The van der Waals surface area contributed by atoms with Gasteiger partial charge in [-0.3, -0.25) is 0 Å². The SMILES string of the molecule is Fc1cc(Br)cc(CNCCI)c1. The summed E-state index contributed by atoms with van der Waals surface area (Å²) in [5.74, 6) is -0.194. The van der Waals surface area contributed by atoms with Gasteiger partial charge in [0.15, 0.2) is 0 Å². The molecule has 1 N–H and O–H groups in total. The number of rotatable bonds is 4. The molecule has 0 amide bonds. The van der Waals surface area contributed by atoms with Crippen LogP contribution in [0.5, 0.6) is 0 Å². The van der Waals surface area contributed by atoms with E-state index in [9.17, 15) is 4.39 Å². The van der Waals surface area contributed by atoms with Crippen LogP contribution in [-0.2, 0) is 6.54 Å². The molecule has 0 aliphatic heterocycles. The van der Waals surface area contributed by atoms with Crippen LogP contribution in [0.4, 0.5) is 4.39 Å². The van der Waals surface area contributed by atoms with Gasteiger partial charge in [-0.1, -0.05) is 38.5 Å². The molecule has 0 fully saturated rings. The lowest BCUT2D eigenvalue weighted by molar-refractivity contribution is 0.621. The summed E-state index contributed by atoms with van der Waals surface area (Å²) in [7, 11) is 0. The van der Waals surface area contributed by atoms with Crippen molar-refractivity contribution in [1.29, 1.82) is 0 Å². The fourth-order valence-corrected chi connectivity index (χ4v) is 1.91. The highest BCUT2D eigenvalue weighted by atomic mass is 127. The van der Waals surface area contributed by atoms with Crippen LogP contribution < -0.4 is 5.32 Å². The van der Waals surface area contributed by atoms with Crippen molar-refractivity contribution in [2.75, 3.05) is 11.0 Å². The number of alkyl halides is 1. The highest BCUT2D eigenvalue weighted by Gasteiger charge is 1.97. The zero-order chi connectivity index (χ0) is 9.68.